The number of urea groups is 1. The molecule has 0 spiro atoms. The molecule has 1 atom stereocenters. The van der Waals surface area contributed by atoms with Gasteiger partial charge in [0, 0.05) is 42.8 Å². The van der Waals surface area contributed by atoms with Crippen LogP contribution >= 0.6 is 11.6 Å². The molecule has 0 saturated carbocycles. The quantitative estimate of drug-likeness (QED) is 0.689. The lowest BCUT2D eigenvalue weighted by molar-refractivity contribution is -0.139. The van der Waals surface area contributed by atoms with E-state index in [1.807, 2.05) is 35.2 Å². The van der Waals surface area contributed by atoms with Crippen LogP contribution in [0, 0.1) is 0 Å². The molecule has 2 fully saturated rings. The molecule has 2 N–H and O–H groups in total. The minimum atomic E-state index is -0.799. The van der Waals surface area contributed by atoms with E-state index in [-0.39, 0.29) is 17.9 Å². The number of anilines is 1. The number of rotatable bonds is 5. The predicted molar refractivity (Wildman–Crippen MR) is 128 cm³/mol. The van der Waals surface area contributed by atoms with Crippen LogP contribution in [0.3, 0.4) is 0 Å². The van der Waals surface area contributed by atoms with Crippen molar-refractivity contribution in [1.29, 1.82) is 0 Å². The van der Waals surface area contributed by atoms with E-state index in [1.165, 1.54) is 0 Å². The highest BCUT2D eigenvalue weighted by atomic mass is 35.5. The number of carbonyl (C=O) groups is 3. The maximum atomic E-state index is 13.5. The summed E-state index contributed by atoms with van der Waals surface area (Å²) in [7, 11) is 0. The van der Waals surface area contributed by atoms with Gasteiger partial charge in [-0.2, -0.15) is 0 Å². The second-order valence-electron chi connectivity index (χ2n) is 8.55. The molecule has 0 aromatic heterocycles. The van der Waals surface area contributed by atoms with Crippen LogP contribution in [0.1, 0.15) is 43.7 Å². The number of amides is 4. The van der Waals surface area contributed by atoms with Gasteiger partial charge >= 0.3 is 6.03 Å². The Morgan fingerprint density at radius 1 is 0.939 bits per heavy atom. The fourth-order valence-electron chi connectivity index (χ4n) is 4.56. The molecule has 0 aliphatic carbocycles. The Kier molecular flexibility index (Phi) is 7.50. The maximum Gasteiger partial charge on any atom is 0.320 e. The topological polar surface area (TPSA) is 81.8 Å². The highest BCUT2D eigenvalue weighted by molar-refractivity contribution is 6.30. The third-order valence-electron chi connectivity index (χ3n) is 6.33. The summed E-state index contributed by atoms with van der Waals surface area (Å²) < 4.78 is 0. The lowest BCUT2D eigenvalue weighted by Crippen LogP contribution is -2.52. The van der Waals surface area contributed by atoms with Crippen LogP contribution in [0.15, 0.2) is 54.6 Å². The molecule has 2 saturated heterocycles. The highest BCUT2D eigenvalue weighted by Crippen LogP contribution is 2.24. The van der Waals surface area contributed by atoms with E-state index in [2.05, 4.69) is 10.6 Å². The lowest BCUT2D eigenvalue weighted by atomic mass is 9.98. The van der Waals surface area contributed by atoms with Crippen molar-refractivity contribution in [2.75, 3.05) is 25.0 Å². The summed E-state index contributed by atoms with van der Waals surface area (Å²) >= 11 is 5.91. The Labute approximate surface area is 199 Å². The minimum absolute atomic E-state index is 0.143. The summed E-state index contributed by atoms with van der Waals surface area (Å²) in [6.07, 6.45) is 4.16. The van der Waals surface area contributed by atoms with Crippen LogP contribution in [-0.4, -0.2) is 53.3 Å². The van der Waals surface area contributed by atoms with Crippen LogP contribution in [-0.2, 0) is 9.59 Å². The minimum Gasteiger partial charge on any atom is -0.340 e. The Balaban J connectivity index is 1.41. The van der Waals surface area contributed by atoms with Crippen LogP contribution in [0.25, 0.3) is 0 Å². The van der Waals surface area contributed by atoms with Crippen molar-refractivity contribution in [2.24, 2.45) is 0 Å². The van der Waals surface area contributed by atoms with Gasteiger partial charge in [-0.15, -0.1) is 0 Å². The molecule has 2 aliphatic heterocycles. The number of nitrogens with one attached hydrogen (secondary N) is 2. The zero-order chi connectivity index (χ0) is 23.2. The van der Waals surface area contributed by atoms with Gasteiger partial charge < -0.3 is 20.4 Å². The Hall–Kier alpha value is -3.06. The molecule has 2 aromatic rings. The van der Waals surface area contributed by atoms with E-state index in [0.717, 1.165) is 37.8 Å². The zero-order valence-corrected chi connectivity index (χ0v) is 19.3. The average molecular weight is 469 g/mol. The smallest absolute Gasteiger partial charge is 0.320 e. The zero-order valence-electron chi connectivity index (χ0n) is 18.5. The van der Waals surface area contributed by atoms with E-state index in [0.29, 0.717) is 30.2 Å². The molecule has 0 bridgehead atoms. The normalized spacial score (nSPS) is 18.0. The van der Waals surface area contributed by atoms with Crippen molar-refractivity contribution in [1.82, 2.24) is 15.1 Å². The van der Waals surface area contributed by atoms with Gasteiger partial charge in [0.25, 0.3) is 0 Å². The Morgan fingerprint density at radius 2 is 1.64 bits per heavy atom. The van der Waals surface area contributed by atoms with Gasteiger partial charge in [-0.3, -0.25) is 9.59 Å². The van der Waals surface area contributed by atoms with Crippen molar-refractivity contribution in [3.05, 3.63) is 65.2 Å². The molecule has 7 nitrogen and oxygen atoms in total. The van der Waals surface area contributed by atoms with Crippen LogP contribution in [0.2, 0.25) is 5.02 Å². The number of carbonyl (C=O) groups excluding carboxylic acids is 3. The van der Waals surface area contributed by atoms with E-state index < -0.39 is 12.1 Å². The van der Waals surface area contributed by atoms with Crippen LogP contribution < -0.4 is 10.6 Å². The number of piperidine rings is 2. The fraction of sp³-hybridized carbons (Fsp3) is 0.400. The third-order valence-corrected chi connectivity index (χ3v) is 6.59. The standard InChI is InChI=1S/C25H29ClN4O3/c26-19-9-11-20(12-10-19)27-25(33)28-23(18-6-2-1-3-7-18)24(32)29-16-13-21(14-17-29)30-15-5-4-8-22(30)31/h1-3,6-7,9-12,21,23H,4-5,8,13-17H2,(H2,27,28,33)/t23-/m1/s1. The molecule has 4 amide bonds. The van der Waals surface area contributed by atoms with Crippen LogP contribution in [0.5, 0.6) is 0 Å². The first-order chi connectivity index (χ1) is 16.0. The molecule has 2 aromatic carbocycles. The van der Waals surface area contributed by atoms with Gasteiger partial charge in [0.15, 0.2) is 0 Å². The number of hydrogen-bond donors (Lipinski definition) is 2. The van der Waals surface area contributed by atoms with Crippen molar-refractivity contribution < 1.29 is 14.4 Å². The first-order valence-electron chi connectivity index (χ1n) is 11.5. The molecule has 2 aliphatic rings. The second kappa shape index (κ2) is 10.7. The maximum absolute atomic E-state index is 13.5. The molecule has 4 rings (SSSR count). The number of benzene rings is 2. The monoisotopic (exact) mass is 468 g/mol. The van der Waals surface area contributed by atoms with Crippen molar-refractivity contribution >= 4 is 35.1 Å². The molecule has 2 heterocycles. The summed E-state index contributed by atoms with van der Waals surface area (Å²) in [6.45, 7) is 1.95. The summed E-state index contributed by atoms with van der Waals surface area (Å²) in [5, 5.41) is 6.17. The second-order valence-corrected chi connectivity index (χ2v) is 8.99. The first-order valence-corrected chi connectivity index (χ1v) is 11.9. The fourth-order valence-corrected chi connectivity index (χ4v) is 4.68. The van der Waals surface area contributed by atoms with Crippen molar-refractivity contribution in [3.63, 3.8) is 0 Å². The predicted octanol–water partition coefficient (Wildman–Crippen LogP) is 4.21. The van der Waals surface area contributed by atoms with Gasteiger partial charge in [0.1, 0.15) is 6.04 Å². The number of hydrogen-bond acceptors (Lipinski definition) is 3. The Morgan fingerprint density at radius 3 is 2.30 bits per heavy atom. The molecule has 0 radical (unpaired) electrons. The first kappa shape index (κ1) is 23.1. The largest absolute Gasteiger partial charge is 0.340 e. The van der Waals surface area contributed by atoms with Gasteiger partial charge in [0.05, 0.1) is 0 Å². The van der Waals surface area contributed by atoms with Gasteiger partial charge in [0.2, 0.25) is 11.8 Å². The van der Waals surface area contributed by atoms with E-state index in [9.17, 15) is 14.4 Å². The molecular formula is C25H29ClN4O3. The van der Waals surface area contributed by atoms with E-state index in [4.69, 9.17) is 11.6 Å². The Bertz CT molecular complexity index is 975. The summed E-state index contributed by atoms with van der Waals surface area (Å²) in [6, 6.07) is 15.0. The number of nitrogens with zero attached hydrogens (tertiary/aromatic N) is 2. The van der Waals surface area contributed by atoms with Crippen molar-refractivity contribution in [2.45, 2.75) is 44.2 Å². The van der Waals surface area contributed by atoms with Gasteiger partial charge in [-0.25, -0.2) is 4.79 Å². The number of likely N-dealkylation sites (tertiary alicyclic amines) is 2. The molecule has 33 heavy (non-hydrogen) atoms. The third kappa shape index (κ3) is 5.85. The van der Waals surface area contributed by atoms with E-state index >= 15 is 0 Å². The summed E-state index contributed by atoms with van der Waals surface area (Å²) in [4.78, 5) is 42.2. The SMILES string of the molecule is O=C(Nc1ccc(Cl)cc1)N[C@@H](C(=O)N1CCC(N2CCCCC2=O)CC1)c1ccccc1. The average Bonchev–Trinajstić information content (AvgIpc) is 2.84. The number of halogens is 1. The molecular weight excluding hydrogens is 440 g/mol. The van der Waals surface area contributed by atoms with Gasteiger partial charge in [-0.05, 0) is 55.5 Å². The van der Waals surface area contributed by atoms with E-state index in [1.54, 1.807) is 29.2 Å². The van der Waals surface area contributed by atoms with Gasteiger partial charge in [-0.1, -0.05) is 41.9 Å². The molecule has 8 heteroatoms. The summed E-state index contributed by atoms with van der Waals surface area (Å²) in [5.74, 6) is 0.0876. The highest BCUT2D eigenvalue weighted by Gasteiger charge is 2.34. The van der Waals surface area contributed by atoms with Crippen molar-refractivity contribution in [3.8, 4) is 0 Å². The molecule has 174 valence electrons. The molecule has 0 unspecified atom stereocenters. The van der Waals surface area contributed by atoms with Crippen LogP contribution in [0.4, 0.5) is 10.5 Å². The lowest BCUT2D eigenvalue weighted by Gasteiger charge is -2.41. The summed E-state index contributed by atoms with van der Waals surface area (Å²) in [5.41, 5.74) is 1.31.